The van der Waals surface area contributed by atoms with Crippen molar-refractivity contribution < 1.29 is 9.90 Å². The van der Waals surface area contributed by atoms with Gasteiger partial charge in [0.1, 0.15) is 5.75 Å². The Bertz CT molecular complexity index is 1240. The molecule has 1 heterocycles. The van der Waals surface area contributed by atoms with Crippen LogP contribution in [0.3, 0.4) is 0 Å². The average molecular weight is 534 g/mol. The number of aryl methyl sites for hydroxylation is 1. The van der Waals surface area contributed by atoms with E-state index in [0.29, 0.717) is 23.0 Å². The molecule has 38 heavy (non-hydrogen) atoms. The van der Waals surface area contributed by atoms with Crippen molar-refractivity contribution in [1.29, 1.82) is 0 Å². The summed E-state index contributed by atoms with van der Waals surface area (Å²) >= 11 is 6.86. The minimum absolute atomic E-state index is 0.158. The van der Waals surface area contributed by atoms with Crippen molar-refractivity contribution in [3.63, 3.8) is 0 Å². The largest absolute Gasteiger partial charge is 0.508 e. The zero-order valence-electron chi connectivity index (χ0n) is 23.2. The molecule has 0 spiro atoms. The molecule has 3 aromatic carbocycles. The summed E-state index contributed by atoms with van der Waals surface area (Å²) in [7, 11) is 2.10. The number of benzene rings is 3. The number of hydrogen-bond acceptors (Lipinski definition) is 4. The quantitative estimate of drug-likeness (QED) is 0.345. The van der Waals surface area contributed by atoms with Crippen LogP contribution < -0.4 is 15.1 Å². The summed E-state index contributed by atoms with van der Waals surface area (Å²) in [4.78, 5) is 18.2. The third-order valence-electron chi connectivity index (χ3n) is 7.45. The number of piperidine rings is 1. The predicted octanol–water partition coefficient (Wildman–Crippen LogP) is 6.93. The highest BCUT2D eigenvalue weighted by Gasteiger charge is 2.26. The van der Waals surface area contributed by atoms with Crippen molar-refractivity contribution >= 4 is 28.9 Å². The third-order valence-corrected chi connectivity index (χ3v) is 7.74. The summed E-state index contributed by atoms with van der Waals surface area (Å²) in [6.45, 7) is 11.6. The molecule has 0 bridgehead atoms. The lowest BCUT2D eigenvalue weighted by atomic mass is 9.86. The Kier molecular flexibility index (Phi) is 8.69. The van der Waals surface area contributed by atoms with Gasteiger partial charge in [-0.05, 0) is 85.6 Å². The number of phenols is 1. The van der Waals surface area contributed by atoms with Gasteiger partial charge in [0.25, 0.3) is 5.91 Å². The molecule has 6 heteroatoms. The standard InChI is InChI=1S/C32H40ClN3O2/c1-22-17-26(35(5)20-24-13-15-34-16-14-24)19-28(33)30(22)31(38)36(21-23-9-7-6-8-10-23)25-11-12-29(37)27(18-25)32(2,3)4/h6-12,17-19,24,34,37H,13-16,20-21H2,1-5H3. The number of phenolic OH excluding ortho intramolecular Hbond substituents is 1. The van der Waals surface area contributed by atoms with Gasteiger partial charge in [0, 0.05) is 30.5 Å². The number of aromatic hydroxyl groups is 1. The number of nitrogens with one attached hydrogen (secondary N) is 1. The molecule has 1 saturated heterocycles. The number of carbonyl (C=O) groups excluding carboxylic acids is 1. The second-order valence-electron chi connectivity index (χ2n) is 11.5. The molecule has 3 aromatic rings. The number of halogens is 1. The Morgan fingerprint density at radius 1 is 1.03 bits per heavy atom. The maximum atomic E-state index is 14.2. The van der Waals surface area contributed by atoms with E-state index in [1.54, 1.807) is 17.0 Å². The van der Waals surface area contributed by atoms with Crippen molar-refractivity contribution in [1.82, 2.24) is 5.32 Å². The molecular formula is C32H40ClN3O2. The number of anilines is 2. The van der Waals surface area contributed by atoms with E-state index >= 15 is 0 Å². The fourth-order valence-electron chi connectivity index (χ4n) is 5.25. The maximum absolute atomic E-state index is 14.2. The zero-order chi connectivity index (χ0) is 27.4. The molecule has 1 aliphatic rings. The van der Waals surface area contributed by atoms with Gasteiger partial charge in [-0.3, -0.25) is 4.79 Å². The van der Waals surface area contributed by atoms with Gasteiger partial charge >= 0.3 is 0 Å². The second-order valence-corrected chi connectivity index (χ2v) is 11.9. The summed E-state index contributed by atoms with van der Waals surface area (Å²) in [6.07, 6.45) is 2.34. The minimum Gasteiger partial charge on any atom is -0.508 e. The summed E-state index contributed by atoms with van der Waals surface area (Å²) in [5.41, 5.74) is 4.63. The lowest BCUT2D eigenvalue weighted by molar-refractivity contribution is 0.0984. The summed E-state index contributed by atoms with van der Waals surface area (Å²) in [5, 5.41) is 14.4. The molecule has 0 unspecified atom stereocenters. The summed E-state index contributed by atoms with van der Waals surface area (Å²) < 4.78 is 0. The van der Waals surface area contributed by atoms with Crippen LogP contribution in [-0.2, 0) is 12.0 Å². The van der Waals surface area contributed by atoms with Crippen LogP contribution in [0.15, 0.2) is 60.7 Å². The monoisotopic (exact) mass is 533 g/mol. The SMILES string of the molecule is Cc1cc(N(C)CC2CCNCC2)cc(Cl)c1C(=O)N(Cc1ccccc1)c1ccc(O)c(C(C)(C)C)c1. The molecule has 5 nitrogen and oxygen atoms in total. The molecule has 0 saturated carbocycles. The molecule has 202 valence electrons. The van der Waals surface area contributed by atoms with Crippen LogP contribution >= 0.6 is 11.6 Å². The first-order valence-electron chi connectivity index (χ1n) is 13.5. The topological polar surface area (TPSA) is 55.8 Å². The Morgan fingerprint density at radius 3 is 2.34 bits per heavy atom. The van der Waals surface area contributed by atoms with Gasteiger partial charge in [0.05, 0.1) is 17.1 Å². The molecule has 2 N–H and O–H groups in total. The second kappa shape index (κ2) is 11.8. The summed E-state index contributed by atoms with van der Waals surface area (Å²) in [6, 6.07) is 19.3. The van der Waals surface area contributed by atoms with Crippen molar-refractivity contribution in [2.75, 3.05) is 36.5 Å². The zero-order valence-corrected chi connectivity index (χ0v) is 24.0. The maximum Gasteiger partial charge on any atom is 0.260 e. The fourth-order valence-corrected chi connectivity index (χ4v) is 5.59. The van der Waals surface area contributed by atoms with Crippen LogP contribution in [0.25, 0.3) is 0 Å². The van der Waals surface area contributed by atoms with E-state index in [-0.39, 0.29) is 17.1 Å². The number of carbonyl (C=O) groups is 1. The van der Waals surface area contributed by atoms with Gasteiger partial charge in [-0.15, -0.1) is 0 Å². The molecule has 4 rings (SSSR count). The molecule has 1 aliphatic heterocycles. The minimum atomic E-state index is -0.282. The molecule has 1 fully saturated rings. The Morgan fingerprint density at radius 2 is 1.71 bits per heavy atom. The highest BCUT2D eigenvalue weighted by Crippen LogP contribution is 2.36. The first-order chi connectivity index (χ1) is 18.0. The molecular weight excluding hydrogens is 494 g/mol. The van der Waals surface area contributed by atoms with Crippen molar-refractivity contribution in [2.24, 2.45) is 5.92 Å². The van der Waals surface area contributed by atoms with Gasteiger partial charge in [0.15, 0.2) is 0 Å². The molecule has 0 radical (unpaired) electrons. The van der Waals surface area contributed by atoms with Crippen molar-refractivity contribution in [3.05, 3.63) is 87.9 Å². The lowest BCUT2D eigenvalue weighted by Crippen LogP contribution is -2.34. The number of rotatable bonds is 7. The smallest absolute Gasteiger partial charge is 0.260 e. The first-order valence-corrected chi connectivity index (χ1v) is 13.8. The van der Waals surface area contributed by atoms with Crippen LogP contribution in [0, 0.1) is 12.8 Å². The van der Waals surface area contributed by atoms with E-state index in [1.807, 2.05) is 49.4 Å². The molecule has 0 aromatic heterocycles. The molecule has 0 atom stereocenters. The van der Waals surface area contributed by atoms with Gasteiger partial charge in [0.2, 0.25) is 0 Å². The van der Waals surface area contributed by atoms with Gasteiger partial charge in [-0.1, -0.05) is 62.7 Å². The van der Waals surface area contributed by atoms with Gasteiger partial charge in [-0.25, -0.2) is 0 Å². The van der Waals surface area contributed by atoms with Crippen molar-refractivity contribution in [3.8, 4) is 5.75 Å². The normalized spacial score (nSPS) is 14.4. The molecule has 0 aliphatic carbocycles. The van der Waals surface area contributed by atoms with E-state index in [4.69, 9.17) is 11.6 Å². The van der Waals surface area contributed by atoms with E-state index in [1.165, 1.54) is 12.8 Å². The van der Waals surface area contributed by atoms with E-state index < -0.39 is 0 Å². The number of hydrogen-bond donors (Lipinski definition) is 2. The van der Waals surface area contributed by atoms with E-state index in [0.717, 1.165) is 47.7 Å². The van der Waals surface area contributed by atoms with Crippen molar-refractivity contribution in [2.45, 2.75) is 52.5 Å². The molecule has 1 amide bonds. The van der Waals surface area contributed by atoms with Crippen LogP contribution in [0.2, 0.25) is 5.02 Å². The first kappa shape index (κ1) is 28.0. The third kappa shape index (κ3) is 6.51. The summed E-state index contributed by atoms with van der Waals surface area (Å²) in [5.74, 6) is 0.715. The van der Waals surface area contributed by atoms with Crippen LogP contribution in [-0.4, -0.2) is 37.7 Å². The van der Waals surface area contributed by atoms with Crippen LogP contribution in [0.4, 0.5) is 11.4 Å². The van der Waals surface area contributed by atoms with Crippen LogP contribution in [0.1, 0.15) is 60.7 Å². The Balaban J connectivity index is 1.69. The number of nitrogens with zero attached hydrogens (tertiary/aromatic N) is 2. The Hall–Kier alpha value is -3.02. The highest BCUT2D eigenvalue weighted by atomic mass is 35.5. The van der Waals surface area contributed by atoms with Gasteiger partial charge < -0.3 is 20.2 Å². The van der Waals surface area contributed by atoms with E-state index in [9.17, 15) is 9.90 Å². The average Bonchev–Trinajstić information content (AvgIpc) is 2.87. The predicted molar refractivity (Wildman–Crippen MR) is 159 cm³/mol. The van der Waals surface area contributed by atoms with Gasteiger partial charge in [-0.2, -0.15) is 0 Å². The Labute approximate surface area is 232 Å². The van der Waals surface area contributed by atoms with E-state index in [2.05, 4.69) is 44.1 Å². The lowest BCUT2D eigenvalue weighted by Gasteiger charge is -2.30. The number of amides is 1. The van der Waals surface area contributed by atoms with Crippen LogP contribution in [0.5, 0.6) is 5.75 Å². The highest BCUT2D eigenvalue weighted by molar-refractivity contribution is 6.35. The fraction of sp³-hybridized carbons (Fsp3) is 0.406.